The Labute approximate surface area is 150 Å². The third-order valence-corrected chi connectivity index (χ3v) is 3.19. The fraction of sp³-hybridized carbons (Fsp3) is 0.333. The van der Waals surface area contributed by atoms with Gasteiger partial charge < -0.3 is 14.9 Å². The molecule has 0 saturated carbocycles. The first kappa shape index (κ1) is 20.3. The highest BCUT2D eigenvalue weighted by Crippen LogP contribution is 2.29. The lowest BCUT2D eigenvalue weighted by molar-refractivity contribution is -0.159. The number of carbonyl (C=O) groups is 2. The van der Waals surface area contributed by atoms with Gasteiger partial charge in [0.2, 0.25) is 5.82 Å². The standard InChI is InChI=1S/C15H15F3N4O5/c1-8(13(24)25)26-20-7-6-19-12(23)10-4-2-9(3-5-10)11-21-14(27-22-11)15(16,17)18/h2-5,8,20H,6-7H2,1H3,(H,19,23)(H,24,25)/t8-/m0/s1. The second kappa shape index (κ2) is 8.60. The number of amides is 1. The Kier molecular flexibility index (Phi) is 6.47. The van der Waals surface area contributed by atoms with Gasteiger partial charge in [-0.15, -0.1) is 0 Å². The lowest BCUT2D eigenvalue weighted by Crippen LogP contribution is -2.35. The Hall–Kier alpha value is -2.99. The molecule has 146 valence electrons. The number of hydrogen-bond donors (Lipinski definition) is 3. The van der Waals surface area contributed by atoms with Crippen LogP contribution in [0.3, 0.4) is 0 Å². The van der Waals surface area contributed by atoms with Crippen molar-refractivity contribution in [3.8, 4) is 11.4 Å². The molecule has 1 aromatic carbocycles. The number of alkyl halides is 3. The molecule has 0 bridgehead atoms. The number of carboxylic acid groups (broad SMARTS) is 1. The highest BCUT2D eigenvalue weighted by Gasteiger charge is 2.38. The number of carboxylic acids is 1. The molecule has 2 rings (SSSR count). The quantitative estimate of drug-likeness (QED) is 0.459. The van der Waals surface area contributed by atoms with E-state index >= 15 is 0 Å². The summed E-state index contributed by atoms with van der Waals surface area (Å²) in [6.07, 6.45) is -5.76. The number of rotatable bonds is 8. The van der Waals surface area contributed by atoms with Crippen LogP contribution >= 0.6 is 0 Å². The van der Waals surface area contributed by atoms with E-state index in [9.17, 15) is 22.8 Å². The number of aromatic nitrogens is 2. The number of benzene rings is 1. The van der Waals surface area contributed by atoms with Crippen LogP contribution in [0.4, 0.5) is 13.2 Å². The van der Waals surface area contributed by atoms with E-state index in [2.05, 4.69) is 25.5 Å². The minimum absolute atomic E-state index is 0.159. The number of nitrogens with one attached hydrogen (secondary N) is 2. The predicted octanol–water partition coefficient (Wildman–Crippen LogP) is 1.48. The third-order valence-electron chi connectivity index (χ3n) is 3.19. The minimum Gasteiger partial charge on any atom is -0.479 e. The molecule has 0 unspecified atom stereocenters. The van der Waals surface area contributed by atoms with E-state index in [1.54, 1.807) is 0 Å². The first-order valence-electron chi connectivity index (χ1n) is 7.59. The van der Waals surface area contributed by atoms with Crippen LogP contribution in [0, 0.1) is 0 Å². The topological polar surface area (TPSA) is 127 Å². The van der Waals surface area contributed by atoms with Crippen LogP contribution in [0.25, 0.3) is 11.4 Å². The van der Waals surface area contributed by atoms with Crippen LogP contribution in [-0.4, -0.2) is 46.3 Å². The normalized spacial score (nSPS) is 12.6. The van der Waals surface area contributed by atoms with Gasteiger partial charge in [0.15, 0.2) is 6.10 Å². The average Bonchev–Trinajstić information content (AvgIpc) is 3.11. The zero-order valence-corrected chi connectivity index (χ0v) is 13.9. The van der Waals surface area contributed by atoms with Crippen molar-refractivity contribution >= 4 is 11.9 Å². The molecule has 1 atom stereocenters. The number of halogens is 3. The molecule has 27 heavy (non-hydrogen) atoms. The van der Waals surface area contributed by atoms with Gasteiger partial charge >= 0.3 is 18.0 Å². The van der Waals surface area contributed by atoms with Crippen molar-refractivity contribution in [3.63, 3.8) is 0 Å². The van der Waals surface area contributed by atoms with Crippen LogP contribution < -0.4 is 10.8 Å². The largest absolute Gasteiger partial charge is 0.479 e. The Morgan fingerprint density at radius 2 is 1.93 bits per heavy atom. The van der Waals surface area contributed by atoms with Gasteiger partial charge in [-0.1, -0.05) is 17.3 Å². The van der Waals surface area contributed by atoms with Crippen molar-refractivity contribution in [2.24, 2.45) is 0 Å². The van der Waals surface area contributed by atoms with Crippen molar-refractivity contribution in [1.82, 2.24) is 20.9 Å². The molecule has 0 saturated heterocycles. The fourth-order valence-electron chi connectivity index (χ4n) is 1.79. The summed E-state index contributed by atoms with van der Waals surface area (Å²) in [6, 6.07) is 5.56. The van der Waals surface area contributed by atoms with Crippen LogP contribution in [0.1, 0.15) is 23.2 Å². The highest BCUT2D eigenvalue weighted by molar-refractivity contribution is 5.94. The van der Waals surface area contributed by atoms with E-state index in [1.807, 2.05) is 0 Å². The maximum Gasteiger partial charge on any atom is 0.471 e. The van der Waals surface area contributed by atoms with Crippen molar-refractivity contribution in [1.29, 1.82) is 0 Å². The van der Waals surface area contributed by atoms with Gasteiger partial charge in [0.25, 0.3) is 5.91 Å². The molecule has 0 spiro atoms. The predicted molar refractivity (Wildman–Crippen MR) is 83.3 cm³/mol. The van der Waals surface area contributed by atoms with Gasteiger partial charge in [-0.3, -0.25) is 9.63 Å². The van der Waals surface area contributed by atoms with E-state index in [1.165, 1.54) is 31.2 Å². The summed E-state index contributed by atoms with van der Waals surface area (Å²) in [5.41, 5.74) is 2.92. The molecule has 0 radical (unpaired) electrons. The lowest BCUT2D eigenvalue weighted by Gasteiger charge is -2.10. The number of aliphatic carboxylic acids is 1. The summed E-state index contributed by atoms with van der Waals surface area (Å²) in [5.74, 6) is -3.26. The molecule has 12 heteroatoms. The Balaban J connectivity index is 1.85. The second-order valence-corrected chi connectivity index (χ2v) is 5.25. The van der Waals surface area contributed by atoms with E-state index in [-0.39, 0.29) is 30.0 Å². The zero-order valence-electron chi connectivity index (χ0n) is 13.9. The van der Waals surface area contributed by atoms with E-state index in [4.69, 9.17) is 9.94 Å². The summed E-state index contributed by atoms with van der Waals surface area (Å²) in [5, 5.41) is 14.4. The average molecular weight is 388 g/mol. The number of carbonyl (C=O) groups excluding carboxylic acids is 1. The summed E-state index contributed by atoms with van der Waals surface area (Å²) < 4.78 is 41.5. The molecule has 3 N–H and O–H groups in total. The molecular formula is C15H15F3N4O5. The van der Waals surface area contributed by atoms with Gasteiger partial charge in [-0.25, -0.2) is 4.79 Å². The Morgan fingerprint density at radius 3 is 2.48 bits per heavy atom. The summed E-state index contributed by atoms with van der Waals surface area (Å²) in [4.78, 5) is 30.5. The van der Waals surface area contributed by atoms with E-state index < -0.39 is 30.0 Å². The van der Waals surface area contributed by atoms with Gasteiger partial charge in [0, 0.05) is 24.2 Å². The molecule has 1 heterocycles. The maximum atomic E-state index is 12.5. The van der Waals surface area contributed by atoms with Gasteiger partial charge in [-0.05, 0) is 19.1 Å². The van der Waals surface area contributed by atoms with Crippen molar-refractivity contribution < 1.29 is 37.2 Å². The van der Waals surface area contributed by atoms with Gasteiger partial charge in [0.1, 0.15) is 0 Å². The maximum absolute atomic E-state index is 12.5. The molecular weight excluding hydrogens is 373 g/mol. The number of hydrogen-bond acceptors (Lipinski definition) is 7. The first-order valence-corrected chi connectivity index (χ1v) is 7.59. The Bertz CT molecular complexity index is 791. The fourth-order valence-corrected chi connectivity index (χ4v) is 1.79. The first-order chi connectivity index (χ1) is 12.7. The smallest absolute Gasteiger partial charge is 0.471 e. The van der Waals surface area contributed by atoms with Gasteiger partial charge in [0.05, 0.1) is 0 Å². The SMILES string of the molecule is C[C@H](ONCCNC(=O)c1ccc(-c2noc(C(F)(F)F)n2)cc1)C(=O)O. The summed E-state index contributed by atoms with van der Waals surface area (Å²) in [7, 11) is 0. The van der Waals surface area contributed by atoms with Crippen LogP contribution in [-0.2, 0) is 15.8 Å². The molecule has 0 fully saturated rings. The summed E-state index contributed by atoms with van der Waals surface area (Å²) in [6.45, 7) is 1.67. The summed E-state index contributed by atoms with van der Waals surface area (Å²) >= 11 is 0. The van der Waals surface area contributed by atoms with Crippen molar-refractivity contribution in [3.05, 3.63) is 35.7 Å². The Morgan fingerprint density at radius 1 is 1.26 bits per heavy atom. The van der Waals surface area contributed by atoms with E-state index in [0.29, 0.717) is 0 Å². The third kappa shape index (κ3) is 5.76. The molecule has 1 amide bonds. The molecule has 0 aliphatic heterocycles. The molecule has 9 nitrogen and oxygen atoms in total. The van der Waals surface area contributed by atoms with Crippen LogP contribution in [0.2, 0.25) is 0 Å². The van der Waals surface area contributed by atoms with E-state index in [0.717, 1.165) is 0 Å². The van der Waals surface area contributed by atoms with Crippen molar-refractivity contribution in [2.75, 3.05) is 13.1 Å². The van der Waals surface area contributed by atoms with Crippen LogP contribution in [0.5, 0.6) is 0 Å². The molecule has 0 aliphatic rings. The zero-order chi connectivity index (χ0) is 20.0. The second-order valence-electron chi connectivity index (χ2n) is 5.25. The molecule has 1 aromatic heterocycles. The monoisotopic (exact) mass is 388 g/mol. The van der Waals surface area contributed by atoms with Crippen LogP contribution in [0.15, 0.2) is 28.8 Å². The highest BCUT2D eigenvalue weighted by atomic mass is 19.4. The lowest BCUT2D eigenvalue weighted by atomic mass is 10.1. The number of nitrogens with zero attached hydrogens (tertiary/aromatic N) is 2. The van der Waals surface area contributed by atoms with Gasteiger partial charge in [-0.2, -0.15) is 23.6 Å². The minimum atomic E-state index is -4.73. The molecule has 2 aromatic rings. The molecule has 0 aliphatic carbocycles. The number of hydroxylamine groups is 1. The van der Waals surface area contributed by atoms with Crippen molar-refractivity contribution in [2.45, 2.75) is 19.2 Å².